The molecule has 0 saturated heterocycles. The second kappa shape index (κ2) is 6.88. The summed E-state index contributed by atoms with van der Waals surface area (Å²) in [6, 6.07) is 1.88. The van der Waals surface area contributed by atoms with Gasteiger partial charge in [-0.3, -0.25) is 0 Å². The van der Waals surface area contributed by atoms with Gasteiger partial charge in [0.2, 0.25) is 5.89 Å². The highest BCUT2D eigenvalue weighted by molar-refractivity contribution is 5.47. The normalized spacial score (nSPS) is 10.6. The van der Waals surface area contributed by atoms with Crippen molar-refractivity contribution in [2.24, 2.45) is 0 Å². The summed E-state index contributed by atoms with van der Waals surface area (Å²) < 4.78 is 5.56. The Kier molecular flexibility index (Phi) is 4.92. The van der Waals surface area contributed by atoms with Crippen molar-refractivity contribution in [2.75, 3.05) is 17.7 Å². The van der Waals surface area contributed by atoms with E-state index in [1.807, 2.05) is 20.0 Å². The number of nitrogens with one attached hydrogen (secondary N) is 2. The average Bonchev–Trinajstić information content (AvgIpc) is 2.93. The molecule has 6 heteroatoms. The number of nitrogens with zero attached hydrogens (tertiary/aromatic N) is 3. The van der Waals surface area contributed by atoms with Crippen LogP contribution in [0.5, 0.6) is 0 Å². The van der Waals surface area contributed by atoms with Gasteiger partial charge < -0.3 is 15.1 Å². The summed E-state index contributed by atoms with van der Waals surface area (Å²) in [4.78, 5) is 13.1. The van der Waals surface area contributed by atoms with E-state index < -0.39 is 0 Å². The number of oxazole rings is 1. The van der Waals surface area contributed by atoms with Gasteiger partial charge in [-0.2, -0.15) is 0 Å². The zero-order valence-corrected chi connectivity index (χ0v) is 12.2. The van der Waals surface area contributed by atoms with Crippen LogP contribution in [0.1, 0.15) is 37.7 Å². The van der Waals surface area contributed by atoms with Crippen molar-refractivity contribution in [3.05, 3.63) is 29.7 Å². The third-order valence-electron chi connectivity index (χ3n) is 2.87. The first-order valence-electron chi connectivity index (χ1n) is 6.98. The fraction of sp³-hybridized carbons (Fsp3) is 0.500. The summed E-state index contributed by atoms with van der Waals surface area (Å²) in [5.74, 6) is 4.00. The summed E-state index contributed by atoms with van der Waals surface area (Å²) >= 11 is 0. The summed E-state index contributed by atoms with van der Waals surface area (Å²) in [6.07, 6.45) is 4.50. The Bertz CT molecular complexity index is 552. The molecule has 0 amide bonds. The molecule has 2 aromatic heterocycles. The molecule has 6 nitrogen and oxygen atoms in total. The monoisotopic (exact) mass is 275 g/mol. The zero-order valence-electron chi connectivity index (χ0n) is 12.2. The predicted molar refractivity (Wildman–Crippen MR) is 78.8 cm³/mol. The standard InChI is InChI=1S/C14H21N5O/c1-4-6-11-18-12(15-3)7-13(19-11)16-9-14-17-8-10(5-2)20-14/h7-8H,4-6,9H2,1-3H3,(H2,15,16,18,19). The van der Waals surface area contributed by atoms with Crippen LogP contribution < -0.4 is 10.6 Å². The minimum absolute atomic E-state index is 0.520. The lowest BCUT2D eigenvalue weighted by molar-refractivity contribution is 0.465. The average molecular weight is 275 g/mol. The highest BCUT2D eigenvalue weighted by Crippen LogP contribution is 2.13. The van der Waals surface area contributed by atoms with Crippen LogP contribution in [0.15, 0.2) is 16.7 Å². The van der Waals surface area contributed by atoms with Gasteiger partial charge in [-0.1, -0.05) is 13.8 Å². The summed E-state index contributed by atoms with van der Waals surface area (Å²) in [6.45, 7) is 4.67. The van der Waals surface area contributed by atoms with Crippen LogP contribution in [0.2, 0.25) is 0 Å². The molecular formula is C14H21N5O. The molecule has 2 heterocycles. The molecule has 0 fully saturated rings. The molecular weight excluding hydrogens is 254 g/mol. The van der Waals surface area contributed by atoms with E-state index in [4.69, 9.17) is 4.42 Å². The highest BCUT2D eigenvalue weighted by Gasteiger charge is 2.06. The Labute approximate surface area is 119 Å². The van der Waals surface area contributed by atoms with Crippen molar-refractivity contribution in [3.63, 3.8) is 0 Å². The lowest BCUT2D eigenvalue weighted by Gasteiger charge is -2.08. The maximum atomic E-state index is 5.56. The Hall–Kier alpha value is -2.11. The third-order valence-corrected chi connectivity index (χ3v) is 2.87. The molecule has 2 rings (SSSR count). The number of anilines is 2. The molecule has 0 bridgehead atoms. The minimum atomic E-state index is 0.520. The number of aryl methyl sites for hydroxylation is 2. The van der Waals surface area contributed by atoms with Crippen LogP contribution in [-0.2, 0) is 19.4 Å². The van der Waals surface area contributed by atoms with Gasteiger partial charge in [0.1, 0.15) is 23.2 Å². The smallest absolute Gasteiger partial charge is 0.213 e. The third kappa shape index (κ3) is 3.69. The maximum Gasteiger partial charge on any atom is 0.213 e. The lowest BCUT2D eigenvalue weighted by Crippen LogP contribution is -2.06. The summed E-state index contributed by atoms with van der Waals surface area (Å²) in [7, 11) is 1.85. The number of aromatic nitrogens is 3. The van der Waals surface area contributed by atoms with E-state index in [2.05, 4.69) is 32.5 Å². The predicted octanol–water partition coefficient (Wildman–Crippen LogP) is 2.63. The highest BCUT2D eigenvalue weighted by atomic mass is 16.4. The summed E-state index contributed by atoms with van der Waals surface area (Å²) in [5, 5.41) is 6.27. The fourth-order valence-corrected chi connectivity index (χ4v) is 1.81. The molecule has 0 spiro atoms. The van der Waals surface area contributed by atoms with Gasteiger partial charge in [0.15, 0.2) is 0 Å². The molecule has 0 aliphatic heterocycles. The van der Waals surface area contributed by atoms with Gasteiger partial charge in [-0.15, -0.1) is 0 Å². The van der Waals surface area contributed by atoms with E-state index in [0.29, 0.717) is 12.4 Å². The SMILES string of the molecule is CCCc1nc(NC)cc(NCc2ncc(CC)o2)n1. The van der Waals surface area contributed by atoms with Crippen molar-refractivity contribution < 1.29 is 4.42 Å². The van der Waals surface area contributed by atoms with Crippen molar-refractivity contribution in [1.82, 2.24) is 15.0 Å². The maximum absolute atomic E-state index is 5.56. The quantitative estimate of drug-likeness (QED) is 0.809. The molecule has 0 atom stereocenters. The molecule has 0 unspecified atom stereocenters. The molecule has 0 saturated carbocycles. The first kappa shape index (κ1) is 14.3. The second-order valence-electron chi connectivity index (χ2n) is 4.48. The van der Waals surface area contributed by atoms with E-state index >= 15 is 0 Å². The van der Waals surface area contributed by atoms with Crippen LogP contribution in [0.4, 0.5) is 11.6 Å². The van der Waals surface area contributed by atoms with E-state index in [9.17, 15) is 0 Å². The van der Waals surface area contributed by atoms with E-state index in [0.717, 1.165) is 42.5 Å². The summed E-state index contributed by atoms with van der Waals surface area (Å²) in [5.41, 5.74) is 0. The van der Waals surface area contributed by atoms with E-state index in [-0.39, 0.29) is 0 Å². The Morgan fingerprint density at radius 2 is 2.00 bits per heavy atom. The van der Waals surface area contributed by atoms with Crippen molar-refractivity contribution >= 4 is 11.6 Å². The van der Waals surface area contributed by atoms with Crippen LogP contribution in [0.25, 0.3) is 0 Å². The molecule has 2 aromatic rings. The molecule has 0 aliphatic rings. The van der Waals surface area contributed by atoms with Crippen molar-refractivity contribution in [2.45, 2.75) is 39.7 Å². The van der Waals surface area contributed by atoms with Gasteiger partial charge in [-0.05, 0) is 6.42 Å². The van der Waals surface area contributed by atoms with Crippen LogP contribution in [0.3, 0.4) is 0 Å². The van der Waals surface area contributed by atoms with Crippen molar-refractivity contribution in [1.29, 1.82) is 0 Å². The first-order chi connectivity index (χ1) is 9.75. The van der Waals surface area contributed by atoms with Gasteiger partial charge >= 0.3 is 0 Å². The van der Waals surface area contributed by atoms with Crippen LogP contribution in [-0.4, -0.2) is 22.0 Å². The van der Waals surface area contributed by atoms with Gasteiger partial charge in [0.25, 0.3) is 0 Å². The minimum Gasteiger partial charge on any atom is -0.444 e. The van der Waals surface area contributed by atoms with Crippen LogP contribution >= 0.6 is 0 Å². The largest absolute Gasteiger partial charge is 0.444 e. The second-order valence-corrected chi connectivity index (χ2v) is 4.48. The van der Waals surface area contributed by atoms with Gasteiger partial charge in [0.05, 0.1) is 12.7 Å². The Morgan fingerprint density at radius 3 is 2.65 bits per heavy atom. The lowest BCUT2D eigenvalue weighted by atomic mass is 10.3. The van der Waals surface area contributed by atoms with Gasteiger partial charge in [-0.25, -0.2) is 15.0 Å². The molecule has 108 valence electrons. The Morgan fingerprint density at radius 1 is 1.20 bits per heavy atom. The van der Waals surface area contributed by atoms with E-state index in [1.54, 1.807) is 6.20 Å². The fourth-order valence-electron chi connectivity index (χ4n) is 1.81. The van der Waals surface area contributed by atoms with Crippen molar-refractivity contribution in [3.8, 4) is 0 Å². The Balaban J connectivity index is 2.05. The topological polar surface area (TPSA) is 75.9 Å². The molecule has 0 aromatic carbocycles. The zero-order chi connectivity index (χ0) is 14.4. The molecule has 2 N–H and O–H groups in total. The molecule has 0 radical (unpaired) electrons. The first-order valence-corrected chi connectivity index (χ1v) is 6.98. The van der Waals surface area contributed by atoms with Crippen LogP contribution in [0, 0.1) is 0 Å². The van der Waals surface area contributed by atoms with E-state index in [1.165, 1.54) is 0 Å². The number of hydrogen-bond acceptors (Lipinski definition) is 6. The number of rotatable bonds is 7. The number of hydrogen-bond donors (Lipinski definition) is 2. The van der Waals surface area contributed by atoms with Gasteiger partial charge in [0, 0.05) is 26.0 Å². The molecule has 0 aliphatic carbocycles. The molecule has 20 heavy (non-hydrogen) atoms.